The van der Waals surface area contributed by atoms with Crippen LogP contribution in [0.3, 0.4) is 0 Å². The molecule has 1 aromatic heterocycles. The molecule has 2 heterocycles. The third kappa shape index (κ3) is 3.30. The van der Waals surface area contributed by atoms with Gasteiger partial charge in [0.25, 0.3) is 0 Å². The minimum absolute atomic E-state index is 0.0326. The molecule has 2 aromatic carbocycles. The van der Waals surface area contributed by atoms with E-state index in [1.807, 2.05) is 48.5 Å². The molecule has 1 amide bonds. The van der Waals surface area contributed by atoms with Gasteiger partial charge in [-0.05, 0) is 23.8 Å². The van der Waals surface area contributed by atoms with Crippen molar-refractivity contribution >= 4 is 32.6 Å². The Bertz CT molecular complexity index is 888. The molecule has 1 aliphatic rings. The number of fused-ring (bicyclic) bond motifs is 1. The van der Waals surface area contributed by atoms with Crippen molar-refractivity contribution in [1.82, 2.24) is 10.3 Å². The molecule has 4 rings (SSSR count). The Morgan fingerprint density at radius 3 is 2.84 bits per heavy atom. The second-order valence-electron chi connectivity index (χ2n) is 6.14. The summed E-state index contributed by atoms with van der Waals surface area (Å²) in [7, 11) is 1.66. The Balaban J connectivity index is 1.34. The lowest BCUT2D eigenvalue weighted by molar-refractivity contribution is -0.125. The Hall–Kier alpha value is -2.60. The van der Waals surface area contributed by atoms with E-state index >= 15 is 0 Å². The van der Waals surface area contributed by atoms with Gasteiger partial charge < -0.3 is 15.0 Å². The maximum absolute atomic E-state index is 12.3. The number of hydrogen-bond acceptors (Lipinski definition) is 5. The number of anilines is 1. The average Bonchev–Trinajstić information content (AvgIpc) is 3.02. The lowest BCUT2D eigenvalue weighted by Gasteiger charge is -2.37. The molecular weight excluding hydrogens is 334 g/mol. The number of thiazole rings is 1. The molecule has 1 aliphatic heterocycles. The van der Waals surface area contributed by atoms with Gasteiger partial charge in [0.05, 0.1) is 23.2 Å². The maximum atomic E-state index is 12.3. The minimum Gasteiger partial charge on any atom is -0.497 e. The number of nitrogens with one attached hydrogen (secondary N) is 1. The molecule has 0 atom stereocenters. The van der Waals surface area contributed by atoms with Crippen molar-refractivity contribution < 1.29 is 9.53 Å². The Morgan fingerprint density at radius 1 is 1.28 bits per heavy atom. The number of methoxy groups -OCH3 is 1. The molecule has 25 heavy (non-hydrogen) atoms. The third-order valence-electron chi connectivity index (χ3n) is 4.42. The first-order valence-electron chi connectivity index (χ1n) is 8.24. The van der Waals surface area contributed by atoms with Crippen LogP contribution < -0.4 is 15.0 Å². The van der Waals surface area contributed by atoms with Gasteiger partial charge in [0.15, 0.2) is 5.13 Å². The summed E-state index contributed by atoms with van der Waals surface area (Å²) >= 11 is 1.64. The third-order valence-corrected chi connectivity index (χ3v) is 5.50. The van der Waals surface area contributed by atoms with Crippen LogP contribution in [0.4, 0.5) is 5.13 Å². The number of hydrogen-bond donors (Lipinski definition) is 1. The molecule has 0 bridgehead atoms. The van der Waals surface area contributed by atoms with E-state index in [0.717, 1.165) is 39.8 Å². The zero-order valence-electron chi connectivity index (χ0n) is 13.9. The Morgan fingerprint density at radius 2 is 2.08 bits per heavy atom. The highest BCUT2D eigenvalue weighted by molar-refractivity contribution is 7.22. The summed E-state index contributed by atoms with van der Waals surface area (Å²) in [6.45, 7) is 2.02. The number of rotatable bonds is 5. The summed E-state index contributed by atoms with van der Waals surface area (Å²) in [5, 5.41) is 3.98. The second kappa shape index (κ2) is 6.72. The van der Waals surface area contributed by atoms with E-state index in [-0.39, 0.29) is 11.8 Å². The van der Waals surface area contributed by atoms with Crippen molar-refractivity contribution in [1.29, 1.82) is 0 Å². The van der Waals surface area contributed by atoms with Gasteiger partial charge in [-0.15, -0.1) is 0 Å². The number of nitrogens with zero attached hydrogens (tertiary/aromatic N) is 2. The largest absolute Gasteiger partial charge is 0.497 e. The molecular formula is C19H19N3O2S. The van der Waals surface area contributed by atoms with Gasteiger partial charge in [0.2, 0.25) is 5.91 Å². The molecule has 0 unspecified atom stereocenters. The van der Waals surface area contributed by atoms with Gasteiger partial charge in [-0.1, -0.05) is 41.7 Å². The quantitative estimate of drug-likeness (QED) is 0.766. The topological polar surface area (TPSA) is 54.5 Å². The molecule has 3 aromatic rings. The molecule has 5 nitrogen and oxygen atoms in total. The molecule has 0 radical (unpaired) electrons. The molecule has 1 N–H and O–H groups in total. The van der Waals surface area contributed by atoms with E-state index < -0.39 is 0 Å². The van der Waals surface area contributed by atoms with Gasteiger partial charge in [0, 0.05) is 19.6 Å². The SMILES string of the molecule is COc1ccc2nc(N3CC(C(=O)NCc4ccccc4)C3)sc2c1. The monoisotopic (exact) mass is 353 g/mol. The van der Waals surface area contributed by atoms with Gasteiger partial charge in [-0.3, -0.25) is 4.79 Å². The van der Waals surface area contributed by atoms with Crippen LogP contribution >= 0.6 is 11.3 Å². The lowest BCUT2D eigenvalue weighted by atomic mass is 10.00. The fourth-order valence-electron chi connectivity index (χ4n) is 2.88. The summed E-state index contributed by atoms with van der Waals surface area (Å²) in [5.74, 6) is 0.984. The molecule has 0 saturated carbocycles. The van der Waals surface area contributed by atoms with Crippen LogP contribution in [0.15, 0.2) is 48.5 Å². The Labute approximate surface area is 150 Å². The zero-order valence-corrected chi connectivity index (χ0v) is 14.8. The Kier molecular flexibility index (Phi) is 4.28. The summed E-state index contributed by atoms with van der Waals surface area (Å²) in [6.07, 6.45) is 0. The number of amides is 1. The van der Waals surface area contributed by atoms with Crippen molar-refractivity contribution in [3.63, 3.8) is 0 Å². The summed E-state index contributed by atoms with van der Waals surface area (Å²) < 4.78 is 6.36. The number of benzene rings is 2. The highest BCUT2D eigenvalue weighted by Crippen LogP contribution is 2.34. The summed E-state index contributed by atoms with van der Waals surface area (Å²) in [4.78, 5) is 19.1. The molecule has 0 spiro atoms. The number of carbonyl (C=O) groups is 1. The minimum atomic E-state index is 0.0326. The van der Waals surface area contributed by atoms with Crippen molar-refractivity contribution in [2.45, 2.75) is 6.54 Å². The van der Waals surface area contributed by atoms with Crippen LogP contribution in [-0.2, 0) is 11.3 Å². The van der Waals surface area contributed by atoms with Gasteiger partial charge in [0.1, 0.15) is 5.75 Å². The predicted octanol–water partition coefficient (Wildman–Crippen LogP) is 3.06. The van der Waals surface area contributed by atoms with Crippen LogP contribution in [0.5, 0.6) is 5.75 Å². The van der Waals surface area contributed by atoms with Gasteiger partial charge >= 0.3 is 0 Å². The van der Waals surface area contributed by atoms with Crippen molar-refractivity contribution in [2.24, 2.45) is 5.92 Å². The van der Waals surface area contributed by atoms with E-state index in [4.69, 9.17) is 4.74 Å². The van der Waals surface area contributed by atoms with Crippen molar-refractivity contribution in [3.8, 4) is 5.75 Å². The predicted molar refractivity (Wildman–Crippen MR) is 100 cm³/mol. The van der Waals surface area contributed by atoms with Crippen LogP contribution in [0.2, 0.25) is 0 Å². The van der Waals surface area contributed by atoms with Crippen LogP contribution in [-0.4, -0.2) is 31.1 Å². The molecule has 128 valence electrons. The lowest BCUT2D eigenvalue weighted by Crippen LogP contribution is -2.53. The van der Waals surface area contributed by atoms with Crippen LogP contribution in [0, 0.1) is 5.92 Å². The van der Waals surface area contributed by atoms with E-state index in [2.05, 4.69) is 15.2 Å². The maximum Gasteiger partial charge on any atom is 0.226 e. The van der Waals surface area contributed by atoms with Crippen molar-refractivity contribution in [3.05, 3.63) is 54.1 Å². The summed E-state index contributed by atoms with van der Waals surface area (Å²) in [5.41, 5.74) is 2.09. The standard InChI is InChI=1S/C19H19N3O2S/c1-24-15-7-8-16-17(9-15)25-19(21-16)22-11-14(12-22)18(23)20-10-13-5-3-2-4-6-13/h2-9,14H,10-12H2,1H3,(H,20,23). The smallest absolute Gasteiger partial charge is 0.226 e. The van der Waals surface area contributed by atoms with Crippen LogP contribution in [0.25, 0.3) is 10.2 Å². The average molecular weight is 353 g/mol. The number of aromatic nitrogens is 1. The first-order chi connectivity index (χ1) is 12.2. The normalized spacial score (nSPS) is 14.4. The van der Waals surface area contributed by atoms with Crippen LogP contribution in [0.1, 0.15) is 5.56 Å². The fraction of sp³-hybridized carbons (Fsp3) is 0.263. The summed E-state index contributed by atoms with van der Waals surface area (Å²) in [6, 6.07) is 15.9. The number of ether oxygens (including phenoxy) is 1. The first kappa shape index (κ1) is 15.9. The van der Waals surface area contributed by atoms with Crippen molar-refractivity contribution in [2.75, 3.05) is 25.1 Å². The van der Waals surface area contributed by atoms with E-state index in [1.54, 1.807) is 18.4 Å². The second-order valence-corrected chi connectivity index (χ2v) is 7.14. The van der Waals surface area contributed by atoms with E-state index in [0.29, 0.717) is 6.54 Å². The first-order valence-corrected chi connectivity index (χ1v) is 9.06. The van der Waals surface area contributed by atoms with Gasteiger partial charge in [-0.2, -0.15) is 0 Å². The highest BCUT2D eigenvalue weighted by atomic mass is 32.1. The number of carbonyl (C=O) groups excluding carboxylic acids is 1. The van der Waals surface area contributed by atoms with E-state index in [1.165, 1.54) is 0 Å². The highest BCUT2D eigenvalue weighted by Gasteiger charge is 2.34. The van der Waals surface area contributed by atoms with Gasteiger partial charge in [-0.25, -0.2) is 4.98 Å². The molecule has 6 heteroatoms. The zero-order chi connectivity index (χ0) is 17.2. The molecule has 1 saturated heterocycles. The van der Waals surface area contributed by atoms with E-state index in [9.17, 15) is 4.79 Å². The fourth-order valence-corrected chi connectivity index (χ4v) is 3.90. The molecule has 1 fully saturated rings. The molecule has 0 aliphatic carbocycles.